The molecule has 0 unspecified atom stereocenters. The Morgan fingerprint density at radius 3 is 2.30 bits per heavy atom. The first-order valence-corrected chi connectivity index (χ1v) is 10.3. The summed E-state index contributed by atoms with van der Waals surface area (Å²) in [6.45, 7) is 0. The van der Waals surface area contributed by atoms with E-state index in [-0.39, 0.29) is 4.90 Å². The topological polar surface area (TPSA) is 82.8 Å². The van der Waals surface area contributed by atoms with E-state index in [1.54, 1.807) is 23.5 Å². The summed E-state index contributed by atoms with van der Waals surface area (Å²) in [4.78, 5) is 4.71. The number of para-hydroxylation sites is 1. The highest BCUT2D eigenvalue weighted by molar-refractivity contribution is 7.92. The molecule has 5 nitrogen and oxygen atoms in total. The van der Waals surface area contributed by atoms with Crippen LogP contribution in [0.2, 0.25) is 0 Å². The molecule has 4 aromatic rings. The molecule has 0 radical (unpaired) electrons. The minimum atomic E-state index is -3.71. The van der Waals surface area contributed by atoms with E-state index in [4.69, 9.17) is 5.26 Å². The van der Waals surface area contributed by atoms with Crippen LogP contribution in [0.4, 0.5) is 5.69 Å². The van der Waals surface area contributed by atoms with Crippen LogP contribution in [0.15, 0.2) is 77.7 Å². The van der Waals surface area contributed by atoms with Crippen molar-refractivity contribution in [1.29, 1.82) is 5.26 Å². The quantitative estimate of drug-likeness (QED) is 0.549. The van der Waals surface area contributed by atoms with Crippen molar-refractivity contribution in [2.45, 2.75) is 4.90 Å². The van der Waals surface area contributed by atoms with Gasteiger partial charge in [0.2, 0.25) is 0 Å². The molecule has 4 rings (SSSR count). The molecule has 1 N–H and O–H groups in total. The number of anilines is 1. The van der Waals surface area contributed by atoms with Crippen LogP contribution < -0.4 is 4.72 Å². The third-order valence-corrected chi connectivity index (χ3v) is 6.45. The molecule has 0 amide bonds. The van der Waals surface area contributed by atoms with Crippen molar-refractivity contribution in [3.8, 4) is 16.6 Å². The Hall–Kier alpha value is -3.21. The number of aromatic nitrogens is 1. The van der Waals surface area contributed by atoms with Gasteiger partial charge < -0.3 is 0 Å². The van der Waals surface area contributed by atoms with Gasteiger partial charge in [-0.2, -0.15) is 5.26 Å². The van der Waals surface area contributed by atoms with Crippen molar-refractivity contribution in [2.75, 3.05) is 4.72 Å². The molecule has 0 aliphatic carbocycles. The lowest BCUT2D eigenvalue weighted by molar-refractivity contribution is 0.601. The first-order chi connectivity index (χ1) is 13.0. The maximum absolute atomic E-state index is 12.5. The standard InChI is InChI=1S/C20H13N3O2S2/c21-13-14-5-11-17(12-6-14)27(24,25)23-16-9-7-15(8-10-16)20-22-18-3-1-2-4-19(18)26-20/h1-12,23H. The van der Waals surface area contributed by atoms with E-state index in [0.29, 0.717) is 11.3 Å². The van der Waals surface area contributed by atoms with Crippen LogP contribution in [0.5, 0.6) is 0 Å². The van der Waals surface area contributed by atoms with E-state index >= 15 is 0 Å². The Balaban J connectivity index is 1.57. The van der Waals surface area contributed by atoms with Crippen LogP contribution in [0.3, 0.4) is 0 Å². The summed E-state index contributed by atoms with van der Waals surface area (Å²) >= 11 is 1.59. The van der Waals surface area contributed by atoms with Crippen molar-refractivity contribution < 1.29 is 8.42 Å². The number of hydrogen-bond acceptors (Lipinski definition) is 5. The Morgan fingerprint density at radius 2 is 1.63 bits per heavy atom. The number of nitriles is 1. The Morgan fingerprint density at radius 1 is 0.926 bits per heavy atom. The second kappa shape index (κ2) is 6.83. The SMILES string of the molecule is N#Cc1ccc(S(=O)(=O)Nc2ccc(-c3nc4ccccc4s3)cc2)cc1. The number of benzene rings is 3. The Kier molecular flexibility index (Phi) is 4.36. The van der Waals surface area contributed by atoms with Gasteiger partial charge >= 0.3 is 0 Å². The summed E-state index contributed by atoms with van der Waals surface area (Å²) in [7, 11) is -3.71. The molecule has 0 bridgehead atoms. The predicted molar refractivity (Wildman–Crippen MR) is 107 cm³/mol. The third-order valence-electron chi connectivity index (χ3n) is 3.97. The number of rotatable bonds is 4. The second-order valence-corrected chi connectivity index (χ2v) is 8.52. The largest absolute Gasteiger partial charge is 0.280 e. The van der Waals surface area contributed by atoms with Crippen molar-refractivity contribution in [3.63, 3.8) is 0 Å². The van der Waals surface area contributed by atoms with Gasteiger partial charge in [-0.25, -0.2) is 13.4 Å². The normalized spacial score (nSPS) is 11.2. The Bertz CT molecular complexity index is 1220. The van der Waals surface area contributed by atoms with E-state index in [9.17, 15) is 8.42 Å². The van der Waals surface area contributed by atoms with E-state index in [1.807, 2.05) is 42.5 Å². The molecule has 0 saturated carbocycles. The lowest BCUT2D eigenvalue weighted by Gasteiger charge is -2.08. The molecule has 0 spiro atoms. The summed E-state index contributed by atoms with van der Waals surface area (Å²) < 4.78 is 28.6. The first kappa shape index (κ1) is 17.2. The second-order valence-electron chi connectivity index (χ2n) is 5.81. The van der Waals surface area contributed by atoms with Crippen LogP contribution in [0, 0.1) is 11.3 Å². The van der Waals surface area contributed by atoms with Gasteiger partial charge in [-0.05, 0) is 60.7 Å². The fraction of sp³-hybridized carbons (Fsp3) is 0. The summed E-state index contributed by atoms with van der Waals surface area (Å²) in [5, 5.41) is 9.70. The van der Waals surface area contributed by atoms with Gasteiger partial charge in [-0.15, -0.1) is 11.3 Å². The minimum absolute atomic E-state index is 0.108. The highest BCUT2D eigenvalue weighted by Crippen LogP contribution is 2.30. The van der Waals surface area contributed by atoms with E-state index in [0.717, 1.165) is 20.8 Å². The molecule has 1 aromatic heterocycles. The predicted octanol–water partition coefficient (Wildman–Crippen LogP) is 4.64. The monoisotopic (exact) mass is 391 g/mol. The number of hydrogen-bond donors (Lipinski definition) is 1. The summed E-state index contributed by atoms with van der Waals surface area (Å²) in [5.41, 5.74) is 2.75. The van der Waals surface area contributed by atoms with Crippen LogP contribution in [0.25, 0.3) is 20.8 Å². The van der Waals surface area contributed by atoms with Crippen LogP contribution in [-0.4, -0.2) is 13.4 Å². The van der Waals surface area contributed by atoms with E-state index in [1.165, 1.54) is 24.3 Å². The molecular weight excluding hydrogens is 378 g/mol. The molecule has 27 heavy (non-hydrogen) atoms. The highest BCUT2D eigenvalue weighted by Gasteiger charge is 2.14. The van der Waals surface area contributed by atoms with Crippen LogP contribution in [-0.2, 0) is 10.0 Å². The van der Waals surface area contributed by atoms with Gasteiger partial charge in [0.25, 0.3) is 10.0 Å². The zero-order valence-electron chi connectivity index (χ0n) is 14.0. The lowest BCUT2D eigenvalue weighted by atomic mass is 10.2. The molecule has 0 saturated heterocycles. The molecule has 3 aromatic carbocycles. The van der Waals surface area contributed by atoms with Crippen molar-refractivity contribution in [3.05, 3.63) is 78.4 Å². The van der Waals surface area contributed by atoms with Gasteiger partial charge in [0.05, 0.1) is 26.7 Å². The van der Waals surface area contributed by atoms with E-state index < -0.39 is 10.0 Å². The van der Waals surface area contributed by atoms with Crippen LogP contribution >= 0.6 is 11.3 Å². The maximum Gasteiger partial charge on any atom is 0.261 e. The lowest BCUT2D eigenvalue weighted by Crippen LogP contribution is -2.12. The summed E-state index contributed by atoms with van der Waals surface area (Å²) in [6, 6.07) is 22.8. The number of nitrogens with one attached hydrogen (secondary N) is 1. The van der Waals surface area contributed by atoms with Crippen molar-refractivity contribution in [1.82, 2.24) is 4.98 Å². The molecular formula is C20H13N3O2S2. The summed E-state index contributed by atoms with van der Waals surface area (Å²) in [6.07, 6.45) is 0. The van der Waals surface area contributed by atoms with Gasteiger partial charge in [-0.1, -0.05) is 12.1 Å². The highest BCUT2D eigenvalue weighted by atomic mass is 32.2. The number of thiazole rings is 1. The smallest absolute Gasteiger partial charge is 0.261 e. The fourth-order valence-corrected chi connectivity index (χ4v) is 4.63. The Labute approximate surface area is 160 Å². The molecule has 0 fully saturated rings. The minimum Gasteiger partial charge on any atom is -0.280 e. The zero-order valence-corrected chi connectivity index (χ0v) is 15.6. The van der Waals surface area contributed by atoms with Gasteiger partial charge in [-0.3, -0.25) is 4.72 Å². The molecule has 0 atom stereocenters. The van der Waals surface area contributed by atoms with Crippen molar-refractivity contribution in [2.24, 2.45) is 0 Å². The summed E-state index contributed by atoms with van der Waals surface area (Å²) in [5.74, 6) is 0. The fourth-order valence-electron chi connectivity index (χ4n) is 2.60. The van der Waals surface area contributed by atoms with Gasteiger partial charge in [0.15, 0.2) is 0 Å². The molecule has 7 heteroatoms. The number of fused-ring (bicyclic) bond motifs is 1. The number of nitrogens with zero attached hydrogens (tertiary/aromatic N) is 2. The third kappa shape index (κ3) is 3.53. The first-order valence-electron chi connectivity index (χ1n) is 8.04. The average molecular weight is 391 g/mol. The maximum atomic E-state index is 12.5. The van der Waals surface area contributed by atoms with Gasteiger partial charge in [0.1, 0.15) is 5.01 Å². The molecule has 0 aliphatic heterocycles. The zero-order chi connectivity index (χ0) is 18.9. The number of sulfonamides is 1. The molecule has 1 heterocycles. The molecule has 0 aliphatic rings. The van der Waals surface area contributed by atoms with Crippen molar-refractivity contribution >= 4 is 37.3 Å². The van der Waals surface area contributed by atoms with E-state index in [2.05, 4.69) is 9.71 Å². The van der Waals surface area contributed by atoms with Gasteiger partial charge in [0, 0.05) is 11.3 Å². The molecule has 132 valence electrons. The van der Waals surface area contributed by atoms with Crippen LogP contribution in [0.1, 0.15) is 5.56 Å². The average Bonchev–Trinajstić information content (AvgIpc) is 3.12.